The first-order chi connectivity index (χ1) is 6.11. The summed E-state index contributed by atoms with van der Waals surface area (Å²) in [4.78, 5) is 11.5. The van der Waals surface area contributed by atoms with Crippen LogP contribution in [0.2, 0.25) is 0 Å². The van der Waals surface area contributed by atoms with E-state index in [2.05, 4.69) is 0 Å². The third-order valence-corrected chi connectivity index (χ3v) is 2.90. The van der Waals surface area contributed by atoms with Crippen molar-refractivity contribution in [1.29, 1.82) is 0 Å². The van der Waals surface area contributed by atoms with Crippen molar-refractivity contribution < 1.29 is 14.6 Å². The first-order valence-electron chi connectivity index (χ1n) is 4.96. The van der Waals surface area contributed by atoms with Crippen LogP contribution in [0.4, 0.5) is 0 Å². The van der Waals surface area contributed by atoms with E-state index in [1.165, 1.54) is 0 Å². The third-order valence-electron chi connectivity index (χ3n) is 2.90. The summed E-state index contributed by atoms with van der Waals surface area (Å²) in [7, 11) is 0. The van der Waals surface area contributed by atoms with Gasteiger partial charge in [-0.2, -0.15) is 0 Å². The van der Waals surface area contributed by atoms with E-state index in [4.69, 9.17) is 4.74 Å². The maximum Gasteiger partial charge on any atom is 0.314 e. The summed E-state index contributed by atoms with van der Waals surface area (Å²) < 4.78 is 4.96. The van der Waals surface area contributed by atoms with Crippen molar-refractivity contribution in [2.75, 3.05) is 6.61 Å². The van der Waals surface area contributed by atoms with Gasteiger partial charge in [-0.1, -0.05) is 12.8 Å². The highest BCUT2D eigenvalue weighted by Crippen LogP contribution is 2.37. The molecule has 1 aliphatic carbocycles. The van der Waals surface area contributed by atoms with Crippen LogP contribution in [0.5, 0.6) is 0 Å². The monoisotopic (exact) mass is 186 g/mol. The van der Waals surface area contributed by atoms with Crippen molar-refractivity contribution in [3.63, 3.8) is 0 Å². The second kappa shape index (κ2) is 4.09. The van der Waals surface area contributed by atoms with Crippen molar-refractivity contribution in [1.82, 2.24) is 0 Å². The summed E-state index contributed by atoms with van der Waals surface area (Å²) in [6.45, 7) is 3.98. The lowest BCUT2D eigenvalue weighted by Crippen LogP contribution is -2.43. The van der Waals surface area contributed by atoms with E-state index in [9.17, 15) is 9.90 Å². The van der Waals surface area contributed by atoms with Gasteiger partial charge in [0.1, 0.15) is 0 Å². The number of carbonyl (C=O) groups excluding carboxylic acids is 1. The van der Waals surface area contributed by atoms with E-state index in [0.29, 0.717) is 6.61 Å². The fraction of sp³-hybridized carbons (Fsp3) is 0.900. The molecule has 13 heavy (non-hydrogen) atoms. The summed E-state index contributed by atoms with van der Waals surface area (Å²) in [6, 6.07) is 0. The van der Waals surface area contributed by atoms with E-state index >= 15 is 0 Å². The van der Waals surface area contributed by atoms with E-state index in [0.717, 1.165) is 25.7 Å². The Morgan fingerprint density at radius 2 is 2.31 bits per heavy atom. The number of aliphatic hydroxyl groups excluding tert-OH is 1. The number of ether oxygens (including phenoxy) is 1. The summed E-state index contributed by atoms with van der Waals surface area (Å²) in [6.07, 6.45) is 2.95. The van der Waals surface area contributed by atoms with Gasteiger partial charge in [-0.15, -0.1) is 0 Å². The number of aliphatic hydroxyl groups is 1. The molecule has 76 valence electrons. The summed E-state index contributed by atoms with van der Waals surface area (Å²) in [5, 5.41) is 9.72. The Morgan fingerprint density at radius 3 is 2.85 bits per heavy atom. The third kappa shape index (κ3) is 2.02. The average Bonchev–Trinajstić information content (AvgIpc) is 2.11. The fourth-order valence-corrected chi connectivity index (χ4v) is 1.85. The van der Waals surface area contributed by atoms with Gasteiger partial charge in [0.05, 0.1) is 18.1 Å². The molecule has 1 N–H and O–H groups in total. The van der Waals surface area contributed by atoms with Crippen molar-refractivity contribution in [3.05, 3.63) is 0 Å². The van der Waals surface area contributed by atoms with Gasteiger partial charge >= 0.3 is 5.97 Å². The Balaban J connectivity index is 2.65. The van der Waals surface area contributed by atoms with E-state index < -0.39 is 11.5 Å². The second-order valence-corrected chi connectivity index (χ2v) is 3.90. The molecule has 0 aromatic rings. The number of hydrogen-bond acceptors (Lipinski definition) is 3. The molecule has 3 nitrogen and oxygen atoms in total. The number of carbonyl (C=O) groups is 1. The van der Waals surface area contributed by atoms with Gasteiger partial charge in [0.2, 0.25) is 0 Å². The van der Waals surface area contributed by atoms with E-state index in [1.54, 1.807) is 13.8 Å². The van der Waals surface area contributed by atoms with Gasteiger partial charge in [-0.25, -0.2) is 0 Å². The fourth-order valence-electron chi connectivity index (χ4n) is 1.85. The molecule has 0 amide bonds. The Morgan fingerprint density at radius 1 is 1.62 bits per heavy atom. The van der Waals surface area contributed by atoms with Crippen LogP contribution in [0.3, 0.4) is 0 Å². The minimum Gasteiger partial charge on any atom is -0.465 e. The quantitative estimate of drug-likeness (QED) is 0.665. The molecule has 0 spiro atoms. The first-order valence-corrected chi connectivity index (χ1v) is 4.96. The molecule has 0 radical (unpaired) electrons. The van der Waals surface area contributed by atoms with Crippen LogP contribution in [0, 0.1) is 5.41 Å². The van der Waals surface area contributed by atoms with Gasteiger partial charge in [0, 0.05) is 0 Å². The maximum absolute atomic E-state index is 11.5. The molecular weight excluding hydrogens is 168 g/mol. The first kappa shape index (κ1) is 10.5. The van der Waals surface area contributed by atoms with Crippen LogP contribution >= 0.6 is 0 Å². The Kier molecular flexibility index (Phi) is 3.31. The van der Waals surface area contributed by atoms with Crippen LogP contribution in [0.15, 0.2) is 0 Å². The molecule has 0 aromatic carbocycles. The highest BCUT2D eigenvalue weighted by atomic mass is 16.5. The highest BCUT2D eigenvalue weighted by molar-refractivity contribution is 5.77. The number of rotatable bonds is 2. The Labute approximate surface area is 79.1 Å². The van der Waals surface area contributed by atoms with Crippen LogP contribution in [0.1, 0.15) is 39.5 Å². The molecule has 1 rings (SSSR count). The molecule has 0 bridgehead atoms. The molecule has 1 fully saturated rings. The number of esters is 1. The smallest absolute Gasteiger partial charge is 0.314 e. The van der Waals surface area contributed by atoms with Crippen molar-refractivity contribution in [3.8, 4) is 0 Å². The Hall–Kier alpha value is -0.570. The predicted octanol–water partition coefficient (Wildman–Crippen LogP) is 1.49. The SMILES string of the molecule is CCOC(=O)[C@]1(C)CCCC[C@@H]1O. The van der Waals surface area contributed by atoms with Crippen molar-refractivity contribution in [2.45, 2.75) is 45.6 Å². The maximum atomic E-state index is 11.5. The minimum absolute atomic E-state index is 0.248. The number of hydrogen-bond donors (Lipinski definition) is 1. The summed E-state index contributed by atoms with van der Waals surface area (Å²) in [5.41, 5.74) is -0.658. The molecule has 3 heteroatoms. The topological polar surface area (TPSA) is 46.5 Å². The molecule has 0 heterocycles. The molecule has 2 atom stereocenters. The second-order valence-electron chi connectivity index (χ2n) is 3.90. The molecule has 0 aliphatic heterocycles. The van der Waals surface area contributed by atoms with Crippen molar-refractivity contribution in [2.24, 2.45) is 5.41 Å². The van der Waals surface area contributed by atoms with Gasteiger partial charge in [0.25, 0.3) is 0 Å². The zero-order valence-corrected chi connectivity index (χ0v) is 8.38. The van der Waals surface area contributed by atoms with Crippen LogP contribution in [-0.2, 0) is 9.53 Å². The minimum atomic E-state index is -0.658. The zero-order valence-electron chi connectivity index (χ0n) is 8.38. The molecule has 1 saturated carbocycles. The lowest BCUT2D eigenvalue weighted by molar-refractivity contribution is -0.164. The lowest BCUT2D eigenvalue weighted by atomic mass is 9.73. The van der Waals surface area contributed by atoms with Gasteiger partial charge < -0.3 is 9.84 Å². The predicted molar refractivity (Wildman–Crippen MR) is 49.2 cm³/mol. The molecule has 0 aromatic heterocycles. The largest absolute Gasteiger partial charge is 0.465 e. The lowest BCUT2D eigenvalue weighted by Gasteiger charge is -2.35. The zero-order chi connectivity index (χ0) is 9.90. The highest BCUT2D eigenvalue weighted by Gasteiger charge is 2.43. The Bertz CT molecular complexity index is 191. The van der Waals surface area contributed by atoms with Gasteiger partial charge in [-0.3, -0.25) is 4.79 Å². The van der Waals surface area contributed by atoms with Crippen LogP contribution in [0.25, 0.3) is 0 Å². The standard InChI is InChI=1S/C10H18O3/c1-3-13-9(12)10(2)7-5-4-6-8(10)11/h8,11H,3-7H2,1-2H3/t8-,10+/m0/s1. The average molecular weight is 186 g/mol. The molecule has 0 saturated heterocycles. The molecular formula is C10H18O3. The van der Waals surface area contributed by atoms with Gasteiger partial charge in [-0.05, 0) is 26.7 Å². The van der Waals surface area contributed by atoms with Crippen LogP contribution in [-0.4, -0.2) is 23.8 Å². The van der Waals surface area contributed by atoms with Crippen molar-refractivity contribution >= 4 is 5.97 Å². The summed E-state index contributed by atoms with van der Waals surface area (Å²) >= 11 is 0. The summed E-state index contributed by atoms with van der Waals surface area (Å²) in [5.74, 6) is -0.248. The normalized spacial score (nSPS) is 34.2. The van der Waals surface area contributed by atoms with Crippen LogP contribution < -0.4 is 0 Å². The van der Waals surface area contributed by atoms with E-state index in [-0.39, 0.29) is 5.97 Å². The molecule has 1 aliphatic rings. The molecule has 0 unspecified atom stereocenters. The van der Waals surface area contributed by atoms with E-state index in [1.807, 2.05) is 0 Å². The van der Waals surface area contributed by atoms with Gasteiger partial charge in [0.15, 0.2) is 0 Å².